The van der Waals surface area contributed by atoms with E-state index in [0.29, 0.717) is 0 Å². The van der Waals surface area contributed by atoms with Crippen molar-refractivity contribution in [2.75, 3.05) is 0 Å². The lowest BCUT2D eigenvalue weighted by molar-refractivity contribution is 1.23. The van der Waals surface area contributed by atoms with Crippen LogP contribution in [-0.4, -0.2) is 9.97 Å². The van der Waals surface area contributed by atoms with Gasteiger partial charge in [-0.1, -0.05) is 78.9 Å². The Hall–Kier alpha value is -4.56. The van der Waals surface area contributed by atoms with Crippen LogP contribution in [0.4, 0.5) is 0 Å². The molecule has 0 unspecified atom stereocenters. The minimum atomic E-state index is 0.887. The van der Waals surface area contributed by atoms with Crippen LogP contribution in [0.3, 0.4) is 0 Å². The van der Waals surface area contributed by atoms with E-state index in [4.69, 9.17) is 0 Å². The Morgan fingerprint density at radius 1 is 0.543 bits per heavy atom. The van der Waals surface area contributed by atoms with E-state index in [1.165, 1.54) is 54.2 Å². The van der Waals surface area contributed by atoms with Crippen molar-refractivity contribution in [1.82, 2.24) is 9.97 Å². The third-order valence-corrected chi connectivity index (χ3v) is 6.98. The van der Waals surface area contributed by atoms with Crippen LogP contribution in [0.5, 0.6) is 0 Å². The van der Waals surface area contributed by atoms with Crippen LogP contribution in [0.1, 0.15) is 16.7 Å². The molecule has 2 nitrogen and oxygen atoms in total. The summed E-state index contributed by atoms with van der Waals surface area (Å²) in [5.41, 5.74) is 5.28. The second-order valence-electron chi connectivity index (χ2n) is 9.17. The van der Waals surface area contributed by atoms with Crippen LogP contribution in [-0.2, 0) is 0 Å². The fourth-order valence-corrected chi connectivity index (χ4v) is 5.37. The molecule has 0 fully saturated rings. The fourth-order valence-electron chi connectivity index (χ4n) is 5.37. The number of pyridine rings is 2. The lowest BCUT2D eigenvalue weighted by Gasteiger charge is -2.15. The average Bonchev–Trinajstić information content (AvgIpc) is 2.91. The van der Waals surface area contributed by atoms with Gasteiger partial charge in [0.25, 0.3) is 0 Å². The van der Waals surface area contributed by atoms with Gasteiger partial charge in [-0.2, -0.15) is 0 Å². The summed E-state index contributed by atoms with van der Waals surface area (Å²) in [4.78, 5) is 9.03. The number of hydrogen-bond acceptors (Lipinski definition) is 2. The molecule has 5 aromatic carbocycles. The number of fused-ring (bicyclic) bond motifs is 2. The molecule has 2 heterocycles. The predicted octanol–water partition coefficient (Wildman–Crippen LogP) is 8.67. The first-order valence-corrected chi connectivity index (χ1v) is 11.9. The molecule has 0 aliphatic carbocycles. The van der Waals surface area contributed by atoms with Crippen molar-refractivity contribution in [1.29, 1.82) is 0 Å². The van der Waals surface area contributed by atoms with Crippen molar-refractivity contribution < 1.29 is 0 Å². The van der Waals surface area contributed by atoms with Crippen LogP contribution < -0.4 is 0 Å². The van der Waals surface area contributed by atoms with Gasteiger partial charge in [-0.15, -0.1) is 0 Å². The first-order valence-electron chi connectivity index (χ1n) is 11.9. The minimum Gasteiger partial charge on any atom is -0.255 e. The predicted molar refractivity (Wildman–Crippen MR) is 149 cm³/mol. The van der Waals surface area contributed by atoms with Gasteiger partial charge in [-0.25, -0.2) is 0 Å². The molecule has 0 atom stereocenters. The Morgan fingerprint density at radius 3 is 1.94 bits per heavy atom. The molecule has 7 rings (SSSR count). The van der Waals surface area contributed by atoms with E-state index in [9.17, 15) is 0 Å². The van der Waals surface area contributed by atoms with Crippen molar-refractivity contribution >= 4 is 55.2 Å². The van der Waals surface area contributed by atoms with E-state index in [1.54, 1.807) is 0 Å². The van der Waals surface area contributed by atoms with Crippen molar-refractivity contribution in [3.8, 4) is 11.4 Å². The smallest absolute Gasteiger partial charge is 0.0892 e. The summed E-state index contributed by atoms with van der Waals surface area (Å²) in [7, 11) is 0. The maximum atomic E-state index is 4.54. The van der Waals surface area contributed by atoms with Crippen molar-refractivity contribution in [2.45, 2.75) is 6.92 Å². The summed E-state index contributed by atoms with van der Waals surface area (Å²) in [5, 5.41) is 10.5. The summed E-state index contributed by atoms with van der Waals surface area (Å²) in [5.74, 6) is 0. The zero-order valence-electron chi connectivity index (χ0n) is 19.4. The molecule has 0 saturated carbocycles. The van der Waals surface area contributed by atoms with Gasteiger partial charge in [0.1, 0.15) is 0 Å². The molecule has 35 heavy (non-hydrogen) atoms. The number of nitrogens with zero attached hydrogens (tertiary/aromatic N) is 2. The lowest BCUT2D eigenvalue weighted by atomic mass is 9.88. The quantitative estimate of drug-likeness (QED) is 0.200. The summed E-state index contributed by atoms with van der Waals surface area (Å²) in [6, 6.07) is 32.7. The molecule has 0 N–H and O–H groups in total. The second-order valence-corrected chi connectivity index (χ2v) is 9.17. The average molecular weight is 447 g/mol. The monoisotopic (exact) mass is 446 g/mol. The molecular weight excluding hydrogens is 424 g/mol. The van der Waals surface area contributed by atoms with Crippen LogP contribution in [0.2, 0.25) is 0 Å². The molecule has 2 aromatic heterocycles. The van der Waals surface area contributed by atoms with Crippen molar-refractivity contribution in [2.24, 2.45) is 0 Å². The normalized spacial score (nSPS) is 12.0. The van der Waals surface area contributed by atoms with Gasteiger partial charge in [-0.05, 0) is 91.0 Å². The Kier molecular flexibility index (Phi) is 4.40. The Morgan fingerprint density at radius 2 is 1.17 bits per heavy atom. The fraction of sp³-hybridized carbons (Fsp3) is 0.0303. The van der Waals surface area contributed by atoms with E-state index < -0.39 is 0 Å². The van der Waals surface area contributed by atoms with Crippen LogP contribution >= 0.6 is 0 Å². The molecule has 0 spiro atoms. The summed E-state index contributed by atoms with van der Waals surface area (Å²) >= 11 is 0. The van der Waals surface area contributed by atoms with Gasteiger partial charge in [0.05, 0.1) is 11.4 Å². The van der Waals surface area contributed by atoms with Gasteiger partial charge in [0.2, 0.25) is 0 Å². The van der Waals surface area contributed by atoms with Crippen LogP contribution in [0.15, 0.2) is 103 Å². The van der Waals surface area contributed by atoms with E-state index in [1.807, 2.05) is 24.5 Å². The largest absolute Gasteiger partial charge is 0.255 e. The zero-order chi connectivity index (χ0) is 23.4. The third-order valence-electron chi connectivity index (χ3n) is 6.98. The molecular formula is C33H22N2. The zero-order valence-corrected chi connectivity index (χ0v) is 19.4. The standard InChI is InChI=1S/C33H22N2/c1-21-15-17-34-30(19-21)31-20-22(16-18-35-31)11-12-23-13-14-29-27-9-3-6-24-5-2-8-26(32(24)27)28-10-4-7-25(23)33(28)29/h2-20H,1H3/b12-11+. The van der Waals surface area contributed by atoms with Gasteiger partial charge < -0.3 is 0 Å². The minimum absolute atomic E-state index is 0.887. The van der Waals surface area contributed by atoms with Gasteiger partial charge in [0.15, 0.2) is 0 Å². The van der Waals surface area contributed by atoms with Gasteiger partial charge in [-0.3, -0.25) is 9.97 Å². The van der Waals surface area contributed by atoms with Crippen LogP contribution in [0, 0.1) is 6.92 Å². The molecule has 164 valence electrons. The Bertz CT molecular complexity index is 1860. The SMILES string of the molecule is Cc1ccnc(-c2cc(/C=C/c3ccc4c5cccc6cccc(c7cccc3c74)c65)ccn2)c1. The number of aromatic nitrogens is 2. The number of aryl methyl sites for hydroxylation is 1. The molecule has 0 saturated heterocycles. The van der Waals surface area contributed by atoms with E-state index in [0.717, 1.165) is 17.0 Å². The van der Waals surface area contributed by atoms with E-state index in [-0.39, 0.29) is 0 Å². The van der Waals surface area contributed by atoms with Gasteiger partial charge >= 0.3 is 0 Å². The van der Waals surface area contributed by atoms with Crippen molar-refractivity contribution in [3.05, 3.63) is 120 Å². The summed E-state index contributed by atoms with van der Waals surface area (Å²) < 4.78 is 0. The lowest BCUT2D eigenvalue weighted by Crippen LogP contribution is -1.89. The number of hydrogen-bond donors (Lipinski definition) is 0. The number of rotatable bonds is 3. The molecule has 0 amide bonds. The Labute approximate surface area is 203 Å². The molecule has 0 aliphatic rings. The molecule has 7 aromatic rings. The molecule has 2 heteroatoms. The molecule has 0 aliphatic heterocycles. The van der Waals surface area contributed by atoms with Crippen molar-refractivity contribution in [3.63, 3.8) is 0 Å². The molecule has 0 bridgehead atoms. The first kappa shape index (κ1) is 19.9. The highest BCUT2D eigenvalue weighted by atomic mass is 14.8. The van der Waals surface area contributed by atoms with Gasteiger partial charge in [0, 0.05) is 12.4 Å². The van der Waals surface area contributed by atoms with E-state index >= 15 is 0 Å². The molecule has 0 radical (unpaired) electrons. The first-order chi connectivity index (χ1) is 17.3. The Balaban J connectivity index is 1.39. The second kappa shape index (κ2) is 7.75. The number of benzene rings is 5. The third kappa shape index (κ3) is 3.18. The van der Waals surface area contributed by atoms with Crippen LogP contribution in [0.25, 0.3) is 66.6 Å². The topological polar surface area (TPSA) is 25.8 Å². The summed E-state index contributed by atoms with van der Waals surface area (Å²) in [6.45, 7) is 2.08. The summed E-state index contributed by atoms with van der Waals surface area (Å²) in [6.07, 6.45) is 8.08. The highest BCUT2D eigenvalue weighted by molar-refractivity contribution is 6.33. The maximum absolute atomic E-state index is 4.54. The van der Waals surface area contributed by atoms with E-state index in [2.05, 4.69) is 108 Å². The highest BCUT2D eigenvalue weighted by Crippen LogP contribution is 2.41. The highest BCUT2D eigenvalue weighted by Gasteiger charge is 2.13. The maximum Gasteiger partial charge on any atom is 0.0892 e.